The molecule has 19 heavy (non-hydrogen) atoms. The van der Waals surface area contributed by atoms with Crippen LogP contribution in [0.2, 0.25) is 0 Å². The minimum Gasteiger partial charge on any atom is -0.491 e. The first-order chi connectivity index (χ1) is 9.11. The van der Waals surface area contributed by atoms with E-state index in [1.54, 1.807) is 0 Å². The quantitative estimate of drug-likeness (QED) is 0.716. The lowest BCUT2D eigenvalue weighted by atomic mass is 10.3. The van der Waals surface area contributed by atoms with Crippen molar-refractivity contribution in [2.45, 2.75) is 26.0 Å². The zero-order valence-electron chi connectivity index (χ0n) is 11.4. The molecule has 0 aliphatic rings. The van der Waals surface area contributed by atoms with Crippen molar-refractivity contribution in [3.05, 3.63) is 30.1 Å². The van der Waals surface area contributed by atoms with Gasteiger partial charge in [0.25, 0.3) is 0 Å². The molecule has 2 unspecified atom stereocenters. The molecule has 5 heteroatoms. The maximum atomic E-state index is 12.7. The molecule has 0 saturated heterocycles. The van der Waals surface area contributed by atoms with Gasteiger partial charge in [-0.1, -0.05) is 0 Å². The summed E-state index contributed by atoms with van der Waals surface area (Å²) in [6.45, 7) is 5.82. The molecule has 0 bridgehead atoms. The van der Waals surface area contributed by atoms with Crippen LogP contribution in [0, 0.1) is 5.82 Å². The third kappa shape index (κ3) is 7.10. The fourth-order valence-electron chi connectivity index (χ4n) is 1.47. The summed E-state index contributed by atoms with van der Waals surface area (Å²) < 4.78 is 23.3. The van der Waals surface area contributed by atoms with Crippen LogP contribution in [-0.4, -0.2) is 43.6 Å². The Hall–Kier alpha value is -1.17. The SMILES string of the molecule is CCOCC(C)NCC(O)COc1ccc(F)cc1. The van der Waals surface area contributed by atoms with E-state index < -0.39 is 6.10 Å². The Balaban J connectivity index is 2.17. The summed E-state index contributed by atoms with van der Waals surface area (Å²) in [5.74, 6) is 0.238. The molecule has 2 atom stereocenters. The fraction of sp³-hybridized carbons (Fsp3) is 0.571. The number of nitrogens with one attached hydrogen (secondary N) is 1. The van der Waals surface area contributed by atoms with Gasteiger partial charge in [-0.25, -0.2) is 4.39 Å². The van der Waals surface area contributed by atoms with Gasteiger partial charge in [-0.2, -0.15) is 0 Å². The summed E-state index contributed by atoms with van der Waals surface area (Å²) in [4.78, 5) is 0. The number of aliphatic hydroxyl groups excluding tert-OH is 1. The van der Waals surface area contributed by atoms with Crippen LogP contribution >= 0.6 is 0 Å². The van der Waals surface area contributed by atoms with Crippen molar-refractivity contribution in [3.63, 3.8) is 0 Å². The highest BCUT2D eigenvalue weighted by molar-refractivity contribution is 5.22. The van der Waals surface area contributed by atoms with Crippen molar-refractivity contribution in [2.75, 3.05) is 26.4 Å². The molecule has 108 valence electrons. The van der Waals surface area contributed by atoms with E-state index in [1.165, 1.54) is 24.3 Å². The molecule has 2 N–H and O–H groups in total. The van der Waals surface area contributed by atoms with Gasteiger partial charge in [-0.05, 0) is 38.1 Å². The lowest BCUT2D eigenvalue weighted by Crippen LogP contribution is -2.38. The van der Waals surface area contributed by atoms with Crippen LogP contribution in [-0.2, 0) is 4.74 Å². The van der Waals surface area contributed by atoms with Crippen LogP contribution < -0.4 is 10.1 Å². The smallest absolute Gasteiger partial charge is 0.123 e. The van der Waals surface area contributed by atoms with Crippen LogP contribution in [0.5, 0.6) is 5.75 Å². The molecule has 0 heterocycles. The van der Waals surface area contributed by atoms with Crippen LogP contribution in [0.4, 0.5) is 4.39 Å². The van der Waals surface area contributed by atoms with E-state index >= 15 is 0 Å². The van der Waals surface area contributed by atoms with Gasteiger partial charge in [0.2, 0.25) is 0 Å². The van der Waals surface area contributed by atoms with Crippen molar-refractivity contribution in [3.8, 4) is 5.75 Å². The molecule has 0 radical (unpaired) electrons. The first-order valence-electron chi connectivity index (χ1n) is 6.49. The van der Waals surface area contributed by atoms with Crippen molar-refractivity contribution in [1.82, 2.24) is 5.32 Å². The summed E-state index contributed by atoms with van der Waals surface area (Å²) in [7, 11) is 0. The molecular formula is C14H22FNO3. The van der Waals surface area contributed by atoms with Crippen molar-refractivity contribution in [2.24, 2.45) is 0 Å². The van der Waals surface area contributed by atoms with E-state index in [0.717, 1.165) is 0 Å². The van der Waals surface area contributed by atoms with E-state index in [9.17, 15) is 9.50 Å². The van der Waals surface area contributed by atoms with Gasteiger partial charge < -0.3 is 19.9 Å². The third-order valence-electron chi connectivity index (χ3n) is 2.53. The second kappa shape index (κ2) is 8.85. The highest BCUT2D eigenvalue weighted by atomic mass is 19.1. The average molecular weight is 271 g/mol. The van der Waals surface area contributed by atoms with Gasteiger partial charge in [0.15, 0.2) is 0 Å². The average Bonchev–Trinajstić information content (AvgIpc) is 2.42. The summed E-state index contributed by atoms with van der Waals surface area (Å²) in [6.07, 6.45) is -0.617. The van der Waals surface area contributed by atoms with E-state index in [0.29, 0.717) is 25.5 Å². The topological polar surface area (TPSA) is 50.7 Å². The zero-order chi connectivity index (χ0) is 14.1. The van der Waals surface area contributed by atoms with Gasteiger partial charge in [-0.3, -0.25) is 0 Å². The molecule has 0 saturated carbocycles. The van der Waals surface area contributed by atoms with Crippen LogP contribution in [0.1, 0.15) is 13.8 Å². The van der Waals surface area contributed by atoms with Crippen LogP contribution in [0.25, 0.3) is 0 Å². The fourth-order valence-corrected chi connectivity index (χ4v) is 1.47. The number of hydrogen-bond donors (Lipinski definition) is 2. The second-order valence-corrected chi connectivity index (χ2v) is 4.39. The van der Waals surface area contributed by atoms with E-state index in [1.807, 2.05) is 13.8 Å². The monoisotopic (exact) mass is 271 g/mol. The Morgan fingerprint density at radius 3 is 2.58 bits per heavy atom. The van der Waals surface area contributed by atoms with Crippen LogP contribution in [0.3, 0.4) is 0 Å². The Morgan fingerprint density at radius 1 is 1.26 bits per heavy atom. The summed E-state index contributed by atoms with van der Waals surface area (Å²) in [5, 5.41) is 12.9. The van der Waals surface area contributed by atoms with Gasteiger partial charge >= 0.3 is 0 Å². The van der Waals surface area contributed by atoms with Crippen molar-refractivity contribution >= 4 is 0 Å². The normalized spacial score (nSPS) is 14.1. The summed E-state index contributed by atoms with van der Waals surface area (Å²) in [6, 6.07) is 5.90. The molecule has 0 spiro atoms. The summed E-state index contributed by atoms with van der Waals surface area (Å²) in [5.41, 5.74) is 0. The predicted molar refractivity (Wildman–Crippen MR) is 71.9 cm³/mol. The standard InChI is InChI=1S/C14H22FNO3/c1-3-18-9-11(2)16-8-13(17)10-19-14-6-4-12(15)5-7-14/h4-7,11,13,16-17H,3,8-10H2,1-2H3. The number of ether oxygens (including phenoxy) is 2. The highest BCUT2D eigenvalue weighted by Crippen LogP contribution is 2.11. The number of aliphatic hydroxyl groups is 1. The Kier molecular flexibility index (Phi) is 7.40. The maximum absolute atomic E-state index is 12.7. The van der Waals surface area contributed by atoms with E-state index in [-0.39, 0.29) is 18.5 Å². The molecule has 1 aromatic carbocycles. The molecule has 0 aliphatic carbocycles. The number of halogens is 1. The molecule has 0 amide bonds. The van der Waals surface area contributed by atoms with Gasteiger partial charge in [0, 0.05) is 19.2 Å². The minimum absolute atomic E-state index is 0.167. The molecule has 0 aromatic heterocycles. The van der Waals surface area contributed by atoms with E-state index in [2.05, 4.69) is 5.32 Å². The predicted octanol–water partition coefficient (Wildman–Crippen LogP) is 1.58. The maximum Gasteiger partial charge on any atom is 0.123 e. The summed E-state index contributed by atoms with van der Waals surface area (Å²) >= 11 is 0. The van der Waals surface area contributed by atoms with Crippen LogP contribution in [0.15, 0.2) is 24.3 Å². The number of hydrogen-bond acceptors (Lipinski definition) is 4. The minimum atomic E-state index is -0.617. The first kappa shape index (κ1) is 15.9. The second-order valence-electron chi connectivity index (χ2n) is 4.39. The van der Waals surface area contributed by atoms with Crippen molar-refractivity contribution in [1.29, 1.82) is 0 Å². The van der Waals surface area contributed by atoms with Gasteiger partial charge in [0.05, 0.1) is 6.61 Å². The Bertz CT molecular complexity index is 345. The molecular weight excluding hydrogens is 249 g/mol. The molecule has 1 aromatic rings. The largest absolute Gasteiger partial charge is 0.491 e. The van der Waals surface area contributed by atoms with Crippen molar-refractivity contribution < 1.29 is 19.0 Å². The lowest BCUT2D eigenvalue weighted by molar-refractivity contribution is 0.0907. The number of rotatable bonds is 9. The molecule has 0 fully saturated rings. The highest BCUT2D eigenvalue weighted by Gasteiger charge is 2.08. The molecule has 4 nitrogen and oxygen atoms in total. The van der Waals surface area contributed by atoms with Gasteiger partial charge in [0.1, 0.15) is 24.3 Å². The van der Waals surface area contributed by atoms with Gasteiger partial charge in [-0.15, -0.1) is 0 Å². The number of benzene rings is 1. The zero-order valence-corrected chi connectivity index (χ0v) is 11.4. The third-order valence-corrected chi connectivity index (χ3v) is 2.53. The lowest BCUT2D eigenvalue weighted by Gasteiger charge is -2.17. The Morgan fingerprint density at radius 2 is 1.95 bits per heavy atom. The Labute approximate surface area is 113 Å². The van der Waals surface area contributed by atoms with E-state index in [4.69, 9.17) is 9.47 Å². The molecule has 0 aliphatic heterocycles. The molecule has 1 rings (SSSR count). The first-order valence-corrected chi connectivity index (χ1v) is 6.49.